The van der Waals surface area contributed by atoms with Crippen molar-refractivity contribution in [2.45, 2.75) is 25.7 Å². The molecule has 1 aromatic carbocycles. The fourth-order valence-corrected chi connectivity index (χ4v) is 3.02. The molecule has 24 heavy (non-hydrogen) atoms. The monoisotopic (exact) mass is 338 g/mol. The first-order chi connectivity index (χ1) is 11.4. The number of amides is 2. The van der Waals surface area contributed by atoms with Gasteiger partial charge in [-0.3, -0.25) is 4.79 Å². The molecule has 7 heteroatoms. The summed E-state index contributed by atoms with van der Waals surface area (Å²) in [7, 11) is 0. The molecule has 1 saturated heterocycles. The van der Waals surface area contributed by atoms with Crippen molar-refractivity contribution in [3.63, 3.8) is 0 Å². The van der Waals surface area contributed by atoms with Crippen LogP contribution in [0.3, 0.4) is 0 Å². The number of aliphatic hydroxyl groups excluding tert-OH is 1. The molecule has 1 aliphatic heterocycles. The van der Waals surface area contributed by atoms with Gasteiger partial charge in [-0.25, -0.2) is 9.18 Å². The fourth-order valence-electron chi connectivity index (χ4n) is 3.02. The normalized spacial score (nSPS) is 20.2. The number of carboxylic acids is 1. The van der Waals surface area contributed by atoms with E-state index in [1.807, 2.05) is 0 Å². The van der Waals surface area contributed by atoms with E-state index in [0.29, 0.717) is 38.9 Å². The fraction of sp³-hybridized carbons (Fsp3) is 0.529. The maximum Gasteiger partial charge on any atom is 0.317 e. The van der Waals surface area contributed by atoms with Gasteiger partial charge < -0.3 is 20.4 Å². The Kier molecular flexibility index (Phi) is 6.14. The van der Waals surface area contributed by atoms with E-state index in [0.717, 1.165) is 5.56 Å². The van der Waals surface area contributed by atoms with Gasteiger partial charge in [0.1, 0.15) is 5.82 Å². The van der Waals surface area contributed by atoms with E-state index in [1.165, 1.54) is 12.1 Å². The zero-order valence-electron chi connectivity index (χ0n) is 13.5. The molecule has 0 spiro atoms. The molecule has 1 heterocycles. The van der Waals surface area contributed by atoms with E-state index in [4.69, 9.17) is 5.11 Å². The second-order valence-corrected chi connectivity index (χ2v) is 6.36. The van der Waals surface area contributed by atoms with Crippen molar-refractivity contribution < 1.29 is 24.2 Å². The van der Waals surface area contributed by atoms with Gasteiger partial charge in [0.2, 0.25) is 0 Å². The molecule has 0 bridgehead atoms. The zero-order valence-corrected chi connectivity index (χ0v) is 13.5. The third-order valence-corrected chi connectivity index (χ3v) is 4.40. The minimum atomic E-state index is -0.885. The number of aliphatic carboxylic acids is 1. The molecule has 3 N–H and O–H groups in total. The van der Waals surface area contributed by atoms with Gasteiger partial charge >= 0.3 is 12.0 Å². The van der Waals surface area contributed by atoms with Crippen LogP contribution in [-0.4, -0.2) is 53.4 Å². The maximum atomic E-state index is 13.0. The predicted molar refractivity (Wildman–Crippen MR) is 86.1 cm³/mol. The van der Waals surface area contributed by atoms with Crippen LogP contribution in [0.4, 0.5) is 9.18 Å². The Hall–Kier alpha value is -2.15. The topological polar surface area (TPSA) is 89.9 Å². The lowest BCUT2D eigenvalue weighted by Gasteiger charge is -2.27. The molecule has 6 nitrogen and oxygen atoms in total. The van der Waals surface area contributed by atoms with Crippen molar-refractivity contribution in [1.29, 1.82) is 0 Å². The smallest absolute Gasteiger partial charge is 0.317 e. The lowest BCUT2D eigenvalue weighted by atomic mass is 9.81. The molecule has 0 aliphatic carbocycles. The van der Waals surface area contributed by atoms with E-state index in [2.05, 4.69) is 5.32 Å². The number of likely N-dealkylation sites (tertiary alicyclic amines) is 1. The van der Waals surface area contributed by atoms with Crippen molar-refractivity contribution in [1.82, 2.24) is 10.2 Å². The number of hydrogen-bond donors (Lipinski definition) is 3. The SMILES string of the molecule is O=C(O)CCCNC(=O)N1CCC(CO)(Cc2ccc(F)cc2)C1. The molecule has 132 valence electrons. The van der Waals surface area contributed by atoms with E-state index in [-0.39, 0.29) is 24.9 Å². The number of carbonyl (C=O) groups is 2. The summed E-state index contributed by atoms with van der Waals surface area (Å²) in [6.07, 6.45) is 1.65. The Morgan fingerprint density at radius 2 is 2.00 bits per heavy atom. The molecule has 1 aliphatic rings. The molecule has 2 amide bonds. The minimum absolute atomic E-state index is 0.0193. The number of nitrogens with zero attached hydrogens (tertiary/aromatic N) is 1. The number of nitrogens with one attached hydrogen (secondary N) is 1. The summed E-state index contributed by atoms with van der Waals surface area (Å²) < 4.78 is 13.0. The summed E-state index contributed by atoms with van der Waals surface area (Å²) in [6, 6.07) is 5.93. The predicted octanol–water partition coefficient (Wildman–Crippen LogP) is 1.63. The van der Waals surface area contributed by atoms with Crippen LogP contribution in [0.1, 0.15) is 24.8 Å². The van der Waals surface area contributed by atoms with Gasteiger partial charge in [0.25, 0.3) is 0 Å². The van der Waals surface area contributed by atoms with Crippen LogP contribution in [0.2, 0.25) is 0 Å². The third kappa shape index (κ3) is 4.92. The Morgan fingerprint density at radius 3 is 2.62 bits per heavy atom. The molecule has 2 rings (SSSR count). The first-order valence-electron chi connectivity index (χ1n) is 8.04. The second-order valence-electron chi connectivity index (χ2n) is 6.36. The van der Waals surface area contributed by atoms with Crippen molar-refractivity contribution in [3.05, 3.63) is 35.6 Å². The number of benzene rings is 1. The zero-order chi connectivity index (χ0) is 17.6. The van der Waals surface area contributed by atoms with Gasteiger partial charge in [-0.05, 0) is 37.0 Å². The summed E-state index contributed by atoms with van der Waals surface area (Å²) in [4.78, 5) is 24.2. The van der Waals surface area contributed by atoms with Crippen LogP contribution in [-0.2, 0) is 11.2 Å². The van der Waals surface area contributed by atoms with Gasteiger partial charge in [-0.1, -0.05) is 12.1 Å². The molecule has 1 unspecified atom stereocenters. The number of rotatable bonds is 7. The van der Waals surface area contributed by atoms with Crippen molar-refractivity contribution >= 4 is 12.0 Å². The highest BCUT2D eigenvalue weighted by Gasteiger charge is 2.39. The van der Waals surface area contributed by atoms with E-state index in [1.54, 1.807) is 17.0 Å². The second kappa shape index (κ2) is 8.10. The molecular formula is C17H23FN2O4. The molecular weight excluding hydrogens is 315 g/mol. The van der Waals surface area contributed by atoms with Crippen LogP contribution in [0.15, 0.2) is 24.3 Å². The van der Waals surface area contributed by atoms with Gasteiger partial charge in [-0.15, -0.1) is 0 Å². The van der Waals surface area contributed by atoms with Crippen LogP contribution >= 0.6 is 0 Å². The quantitative estimate of drug-likeness (QED) is 0.659. The lowest BCUT2D eigenvalue weighted by molar-refractivity contribution is -0.137. The number of aliphatic hydroxyl groups is 1. The third-order valence-electron chi connectivity index (χ3n) is 4.40. The van der Waals surface area contributed by atoms with E-state index >= 15 is 0 Å². The molecule has 0 saturated carbocycles. The number of halogens is 1. The highest BCUT2D eigenvalue weighted by atomic mass is 19.1. The molecule has 0 radical (unpaired) electrons. The lowest BCUT2D eigenvalue weighted by Crippen LogP contribution is -2.41. The summed E-state index contributed by atoms with van der Waals surface area (Å²) in [5.41, 5.74) is 0.505. The van der Waals surface area contributed by atoms with Crippen LogP contribution in [0.5, 0.6) is 0 Å². The molecule has 1 aromatic rings. The summed E-state index contributed by atoms with van der Waals surface area (Å²) in [5.74, 6) is -1.19. The average molecular weight is 338 g/mol. The Bertz CT molecular complexity index is 578. The number of carbonyl (C=O) groups excluding carboxylic acids is 1. The Morgan fingerprint density at radius 1 is 1.29 bits per heavy atom. The molecule has 0 aromatic heterocycles. The first kappa shape index (κ1) is 18.2. The number of hydrogen-bond acceptors (Lipinski definition) is 3. The Labute approximate surface area is 140 Å². The van der Waals surface area contributed by atoms with Crippen LogP contribution in [0.25, 0.3) is 0 Å². The highest BCUT2D eigenvalue weighted by Crippen LogP contribution is 2.33. The van der Waals surface area contributed by atoms with Crippen molar-refractivity contribution in [3.8, 4) is 0 Å². The summed E-state index contributed by atoms with van der Waals surface area (Å²) in [6.45, 7) is 1.22. The number of carboxylic acid groups (broad SMARTS) is 1. The number of urea groups is 1. The van der Waals surface area contributed by atoms with Crippen molar-refractivity contribution in [2.24, 2.45) is 5.41 Å². The molecule has 1 fully saturated rings. The molecule has 1 atom stereocenters. The average Bonchev–Trinajstić information content (AvgIpc) is 2.98. The summed E-state index contributed by atoms with van der Waals surface area (Å²) in [5, 5.41) is 21.1. The highest BCUT2D eigenvalue weighted by molar-refractivity contribution is 5.74. The van der Waals surface area contributed by atoms with Crippen LogP contribution < -0.4 is 5.32 Å². The van der Waals surface area contributed by atoms with Crippen molar-refractivity contribution in [2.75, 3.05) is 26.2 Å². The standard InChI is InChI=1S/C17H23FN2O4/c18-14-5-3-13(4-6-14)10-17(12-21)7-9-20(11-17)16(24)19-8-1-2-15(22)23/h3-6,21H,1-2,7-12H2,(H,19,24)(H,22,23). The van der Waals surface area contributed by atoms with E-state index in [9.17, 15) is 19.1 Å². The van der Waals surface area contributed by atoms with Crippen LogP contribution in [0, 0.1) is 11.2 Å². The largest absolute Gasteiger partial charge is 0.481 e. The maximum absolute atomic E-state index is 13.0. The summed E-state index contributed by atoms with van der Waals surface area (Å²) >= 11 is 0. The minimum Gasteiger partial charge on any atom is -0.481 e. The first-order valence-corrected chi connectivity index (χ1v) is 8.04. The Balaban J connectivity index is 1.87. The van der Waals surface area contributed by atoms with Gasteiger partial charge in [-0.2, -0.15) is 0 Å². The van der Waals surface area contributed by atoms with Gasteiger partial charge in [0, 0.05) is 31.5 Å². The van der Waals surface area contributed by atoms with Gasteiger partial charge in [0.05, 0.1) is 6.61 Å². The van der Waals surface area contributed by atoms with Gasteiger partial charge in [0.15, 0.2) is 0 Å². The van der Waals surface area contributed by atoms with E-state index < -0.39 is 11.4 Å².